The fourth-order valence-corrected chi connectivity index (χ4v) is 1.50. The molecular formula is C10H17NO. The van der Waals surface area contributed by atoms with Gasteiger partial charge in [-0.3, -0.25) is 4.79 Å². The summed E-state index contributed by atoms with van der Waals surface area (Å²) >= 11 is 0. The van der Waals surface area contributed by atoms with E-state index in [1.807, 2.05) is 19.9 Å². The number of rotatable bonds is 2. The van der Waals surface area contributed by atoms with Gasteiger partial charge >= 0.3 is 0 Å². The van der Waals surface area contributed by atoms with Gasteiger partial charge in [0.15, 0.2) is 0 Å². The third kappa shape index (κ3) is 2.36. The van der Waals surface area contributed by atoms with Crippen LogP contribution in [0.5, 0.6) is 0 Å². The Kier molecular flexibility index (Phi) is 3.32. The molecule has 0 radical (unpaired) electrons. The zero-order valence-corrected chi connectivity index (χ0v) is 7.89. The Balaban J connectivity index is 2.35. The summed E-state index contributed by atoms with van der Waals surface area (Å²) in [6, 6.07) is 0.437. The van der Waals surface area contributed by atoms with Crippen LogP contribution in [0.25, 0.3) is 0 Å². The van der Waals surface area contributed by atoms with Gasteiger partial charge < -0.3 is 5.32 Å². The van der Waals surface area contributed by atoms with Gasteiger partial charge in [0, 0.05) is 11.6 Å². The zero-order valence-electron chi connectivity index (χ0n) is 7.89. The molecule has 68 valence electrons. The number of hydrogen-bond acceptors (Lipinski definition) is 1. The maximum absolute atomic E-state index is 11.4. The molecule has 1 saturated carbocycles. The molecule has 1 aliphatic rings. The van der Waals surface area contributed by atoms with Gasteiger partial charge in [-0.15, -0.1) is 0 Å². The Labute approximate surface area is 74.0 Å². The van der Waals surface area contributed by atoms with Crippen molar-refractivity contribution >= 4 is 5.91 Å². The summed E-state index contributed by atoms with van der Waals surface area (Å²) in [5.41, 5.74) is 0.821. The first-order valence-corrected chi connectivity index (χ1v) is 4.68. The molecule has 1 amide bonds. The summed E-state index contributed by atoms with van der Waals surface area (Å²) in [4.78, 5) is 11.4. The van der Waals surface area contributed by atoms with Gasteiger partial charge in [0.2, 0.25) is 5.91 Å². The van der Waals surface area contributed by atoms with Crippen LogP contribution in [0.3, 0.4) is 0 Å². The van der Waals surface area contributed by atoms with Gasteiger partial charge in [-0.05, 0) is 26.7 Å². The molecule has 2 heteroatoms. The highest BCUT2D eigenvalue weighted by Gasteiger charge is 2.16. The number of hydrogen-bond donors (Lipinski definition) is 1. The number of carbonyl (C=O) groups is 1. The van der Waals surface area contributed by atoms with Gasteiger partial charge in [-0.1, -0.05) is 18.9 Å². The average molecular weight is 167 g/mol. The number of allylic oxidation sites excluding steroid dienone is 1. The van der Waals surface area contributed by atoms with Crippen molar-refractivity contribution in [1.82, 2.24) is 5.32 Å². The molecule has 0 aliphatic heterocycles. The highest BCUT2D eigenvalue weighted by atomic mass is 16.1. The van der Waals surface area contributed by atoms with Crippen LogP contribution in [0.4, 0.5) is 0 Å². The van der Waals surface area contributed by atoms with Crippen molar-refractivity contribution in [2.24, 2.45) is 0 Å². The van der Waals surface area contributed by atoms with E-state index in [-0.39, 0.29) is 5.91 Å². The molecule has 1 aliphatic carbocycles. The molecule has 0 unspecified atom stereocenters. The van der Waals surface area contributed by atoms with Gasteiger partial charge in [0.05, 0.1) is 0 Å². The molecule has 12 heavy (non-hydrogen) atoms. The predicted molar refractivity (Wildman–Crippen MR) is 49.8 cm³/mol. The quantitative estimate of drug-likeness (QED) is 0.626. The van der Waals surface area contributed by atoms with Crippen LogP contribution in [0.2, 0.25) is 0 Å². The molecule has 0 bridgehead atoms. The normalized spacial score (nSPS) is 19.7. The number of carbonyl (C=O) groups excluding carboxylic acids is 1. The molecule has 0 aromatic heterocycles. The Hall–Kier alpha value is -0.790. The van der Waals surface area contributed by atoms with E-state index in [0.29, 0.717) is 6.04 Å². The Morgan fingerprint density at radius 3 is 2.50 bits per heavy atom. The molecule has 0 atom stereocenters. The standard InChI is InChI=1S/C10H17NO/c1-3-8(2)10(12)11-9-6-4-5-7-9/h3,9H,4-7H2,1-2H3,(H,11,12)/b8-3+. The van der Waals surface area contributed by atoms with Crippen LogP contribution in [0.1, 0.15) is 39.5 Å². The molecule has 0 spiro atoms. The van der Waals surface area contributed by atoms with Gasteiger partial charge in [0.25, 0.3) is 0 Å². The molecule has 1 rings (SSSR count). The molecule has 1 N–H and O–H groups in total. The van der Waals surface area contributed by atoms with E-state index in [2.05, 4.69) is 5.32 Å². The van der Waals surface area contributed by atoms with Crippen molar-refractivity contribution in [3.05, 3.63) is 11.6 Å². The van der Waals surface area contributed by atoms with E-state index in [0.717, 1.165) is 18.4 Å². The fourth-order valence-electron chi connectivity index (χ4n) is 1.50. The Morgan fingerprint density at radius 2 is 2.00 bits per heavy atom. The lowest BCUT2D eigenvalue weighted by Gasteiger charge is -2.11. The summed E-state index contributed by atoms with van der Waals surface area (Å²) in [6.07, 6.45) is 6.69. The molecule has 0 heterocycles. The lowest BCUT2D eigenvalue weighted by molar-refractivity contribution is -0.118. The van der Waals surface area contributed by atoms with Crippen LogP contribution < -0.4 is 5.32 Å². The Morgan fingerprint density at radius 1 is 1.42 bits per heavy atom. The summed E-state index contributed by atoms with van der Waals surface area (Å²) in [6.45, 7) is 3.74. The third-order valence-corrected chi connectivity index (χ3v) is 2.48. The molecule has 1 fully saturated rings. The number of amides is 1. The van der Waals surface area contributed by atoms with Crippen LogP contribution in [0, 0.1) is 0 Å². The van der Waals surface area contributed by atoms with Crippen molar-refractivity contribution in [3.8, 4) is 0 Å². The van der Waals surface area contributed by atoms with E-state index in [9.17, 15) is 4.79 Å². The van der Waals surface area contributed by atoms with Crippen molar-refractivity contribution < 1.29 is 4.79 Å². The minimum atomic E-state index is 0.101. The average Bonchev–Trinajstić information content (AvgIpc) is 2.55. The number of nitrogens with one attached hydrogen (secondary N) is 1. The second kappa shape index (κ2) is 4.29. The first kappa shape index (κ1) is 9.30. The van der Waals surface area contributed by atoms with Crippen molar-refractivity contribution in [2.75, 3.05) is 0 Å². The SMILES string of the molecule is C/C=C(\C)C(=O)NC1CCCC1. The lowest BCUT2D eigenvalue weighted by Crippen LogP contribution is -2.32. The molecule has 2 nitrogen and oxygen atoms in total. The third-order valence-electron chi connectivity index (χ3n) is 2.48. The second-order valence-electron chi connectivity index (χ2n) is 3.43. The molecule has 0 aromatic rings. The lowest BCUT2D eigenvalue weighted by atomic mass is 10.2. The van der Waals surface area contributed by atoms with Crippen molar-refractivity contribution in [1.29, 1.82) is 0 Å². The second-order valence-corrected chi connectivity index (χ2v) is 3.43. The highest BCUT2D eigenvalue weighted by molar-refractivity contribution is 5.92. The maximum atomic E-state index is 11.4. The van der Waals surface area contributed by atoms with Gasteiger partial charge in [0.1, 0.15) is 0 Å². The van der Waals surface area contributed by atoms with E-state index >= 15 is 0 Å². The minimum absolute atomic E-state index is 0.101. The summed E-state index contributed by atoms with van der Waals surface area (Å²) in [7, 11) is 0. The van der Waals surface area contributed by atoms with Gasteiger partial charge in [-0.2, -0.15) is 0 Å². The Bertz CT molecular complexity index is 190. The first-order chi connectivity index (χ1) is 5.74. The smallest absolute Gasteiger partial charge is 0.246 e. The minimum Gasteiger partial charge on any atom is -0.350 e. The predicted octanol–water partition coefficient (Wildman–Crippen LogP) is 2.01. The van der Waals surface area contributed by atoms with E-state index in [1.165, 1.54) is 12.8 Å². The van der Waals surface area contributed by atoms with Crippen molar-refractivity contribution in [2.45, 2.75) is 45.6 Å². The monoisotopic (exact) mass is 167 g/mol. The zero-order chi connectivity index (χ0) is 8.97. The van der Waals surface area contributed by atoms with Crippen LogP contribution in [-0.2, 0) is 4.79 Å². The molecule has 0 saturated heterocycles. The van der Waals surface area contributed by atoms with E-state index in [1.54, 1.807) is 0 Å². The summed E-state index contributed by atoms with van der Waals surface area (Å²) in [5, 5.41) is 3.02. The van der Waals surface area contributed by atoms with Crippen LogP contribution >= 0.6 is 0 Å². The maximum Gasteiger partial charge on any atom is 0.246 e. The first-order valence-electron chi connectivity index (χ1n) is 4.68. The summed E-state index contributed by atoms with van der Waals surface area (Å²) < 4.78 is 0. The largest absolute Gasteiger partial charge is 0.350 e. The van der Waals surface area contributed by atoms with E-state index in [4.69, 9.17) is 0 Å². The highest BCUT2D eigenvalue weighted by Crippen LogP contribution is 2.17. The van der Waals surface area contributed by atoms with E-state index < -0.39 is 0 Å². The molecule has 0 aromatic carbocycles. The topological polar surface area (TPSA) is 29.1 Å². The fraction of sp³-hybridized carbons (Fsp3) is 0.700. The summed E-state index contributed by atoms with van der Waals surface area (Å²) in [5.74, 6) is 0.101. The van der Waals surface area contributed by atoms with Crippen LogP contribution in [0.15, 0.2) is 11.6 Å². The van der Waals surface area contributed by atoms with Gasteiger partial charge in [-0.25, -0.2) is 0 Å². The van der Waals surface area contributed by atoms with Crippen molar-refractivity contribution in [3.63, 3.8) is 0 Å². The van der Waals surface area contributed by atoms with Crippen LogP contribution in [-0.4, -0.2) is 11.9 Å². The molecular weight excluding hydrogens is 150 g/mol.